The molecule has 9 heteroatoms. The van der Waals surface area contributed by atoms with Gasteiger partial charge in [-0.2, -0.15) is 0 Å². The molecule has 32 heavy (non-hydrogen) atoms. The van der Waals surface area contributed by atoms with Crippen LogP contribution in [0.5, 0.6) is 0 Å². The molecule has 0 N–H and O–H groups in total. The van der Waals surface area contributed by atoms with E-state index in [-0.39, 0.29) is 10.7 Å². The summed E-state index contributed by atoms with van der Waals surface area (Å²) >= 11 is 6.12. The average molecular weight is 457 g/mol. The van der Waals surface area contributed by atoms with Gasteiger partial charge in [0.15, 0.2) is 5.82 Å². The molecule has 0 amide bonds. The second-order valence-corrected chi connectivity index (χ2v) is 8.74. The van der Waals surface area contributed by atoms with Crippen molar-refractivity contribution >= 4 is 34.0 Å². The monoisotopic (exact) mass is 456 g/mol. The van der Waals surface area contributed by atoms with Crippen LogP contribution in [0.25, 0.3) is 10.9 Å². The third-order valence-electron chi connectivity index (χ3n) is 6.22. The molecular weight excluding hydrogens is 428 g/mol. The van der Waals surface area contributed by atoms with Crippen LogP contribution in [0.15, 0.2) is 36.7 Å². The van der Waals surface area contributed by atoms with Crippen molar-refractivity contribution < 1.29 is 4.92 Å². The van der Waals surface area contributed by atoms with Gasteiger partial charge in [0.05, 0.1) is 12.1 Å². The Kier molecular flexibility index (Phi) is 7.22. The lowest BCUT2D eigenvalue weighted by Crippen LogP contribution is -2.46. The Bertz CT molecular complexity index is 1080. The number of piperazine rings is 1. The predicted molar refractivity (Wildman–Crippen MR) is 127 cm³/mol. The standard InChI is InChI=1S/C23H29ClN6O2/c1-18-26-17-23(30(31)32)29(18)11-5-3-2-4-10-27-12-14-28(15-13-27)22-8-9-25-21-16-19(24)6-7-20(21)22/h6-9,16-17H,2-5,10-15H2,1H3. The highest BCUT2D eigenvalue weighted by atomic mass is 35.5. The second kappa shape index (κ2) is 10.3. The number of hydrogen-bond donors (Lipinski definition) is 0. The van der Waals surface area contributed by atoms with Gasteiger partial charge < -0.3 is 15.0 Å². The highest BCUT2D eigenvalue weighted by Crippen LogP contribution is 2.28. The summed E-state index contributed by atoms with van der Waals surface area (Å²) in [5.41, 5.74) is 2.17. The molecule has 4 rings (SSSR count). The molecule has 2 aromatic heterocycles. The van der Waals surface area contributed by atoms with Crippen LogP contribution in [0.1, 0.15) is 31.5 Å². The molecule has 1 fully saturated rings. The van der Waals surface area contributed by atoms with Crippen LogP contribution < -0.4 is 4.90 Å². The minimum absolute atomic E-state index is 0.0884. The molecule has 0 aliphatic carbocycles. The Morgan fingerprint density at radius 3 is 2.53 bits per heavy atom. The van der Waals surface area contributed by atoms with Crippen molar-refractivity contribution in [2.24, 2.45) is 0 Å². The van der Waals surface area contributed by atoms with Gasteiger partial charge in [0.2, 0.25) is 0 Å². The summed E-state index contributed by atoms with van der Waals surface area (Å²) in [5.74, 6) is 0.796. The van der Waals surface area contributed by atoms with Crippen molar-refractivity contribution in [1.29, 1.82) is 0 Å². The maximum atomic E-state index is 11.1. The quantitative estimate of drug-likeness (QED) is 0.264. The summed E-state index contributed by atoms with van der Waals surface area (Å²) in [4.78, 5) is 24.2. The predicted octanol–water partition coefficient (Wildman–Crippen LogP) is 4.68. The van der Waals surface area contributed by atoms with Crippen LogP contribution in [0.3, 0.4) is 0 Å². The Hall–Kier alpha value is -2.71. The van der Waals surface area contributed by atoms with Crippen molar-refractivity contribution in [3.63, 3.8) is 0 Å². The van der Waals surface area contributed by atoms with Crippen LogP contribution in [0, 0.1) is 17.0 Å². The SMILES string of the molecule is Cc1ncc([N+](=O)[O-])n1CCCCCCN1CCN(c2ccnc3cc(Cl)ccc23)CC1. The van der Waals surface area contributed by atoms with Crippen LogP contribution in [0.2, 0.25) is 5.02 Å². The zero-order valence-corrected chi connectivity index (χ0v) is 19.2. The first kappa shape index (κ1) is 22.5. The van der Waals surface area contributed by atoms with E-state index in [1.165, 1.54) is 11.9 Å². The van der Waals surface area contributed by atoms with E-state index in [9.17, 15) is 10.1 Å². The fraction of sp³-hybridized carbons (Fsp3) is 0.478. The first-order valence-corrected chi connectivity index (χ1v) is 11.6. The Labute approximate surface area is 193 Å². The molecule has 3 heterocycles. The molecule has 0 spiro atoms. The number of unbranched alkanes of at least 4 members (excludes halogenated alkanes) is 3. The number of anilines is 1. The lowest BCUT2D eigenvalue weighted by molar-refractivity contribution is -0.392. The molecule has 1 aliphatic heterocycles. The molecule has 0 saturated carbocycles. The van der Waals surface area contributed by atoms with Gasteiger partial charge in [0, 0.05) is 55.4 Å². The number of halogens is 1. The molecule has 0 atom stereocenters. The van der Waals surface area contributed by atoms with Crippen molar-refractivity contribution in [2.45, 2.75) is 39.2 Å². The number of rotatable bonds is 9. The molecule has 0 unspecified atom stereocenters. The first-order chi connectivity index (χ1) is 15.5. The summed E-state index contributed by atoms with van der Waals surface area (Å²) < 4.78 is 1.70. The Balaban J connectivity index is 1.18. The average Bonchev–Trinajstić information content (AvgIpc) is 3.16. The molecule has 170 valence electrons. The van der Waals surface area contributed by atoms with E-state index in [0.717, 1.165) is 69.3 Å². The minimum Gasteiger partial charge on any atom is -0.368 e. The minimum atomic E-state index is -0.358. The molecule has 1 aliphatic rings. The van der Waals surface area contributed by atoms with Crippen LogP contribution >= 0.6 is 11.6 Å². The molecule has 1 aromatic carbocycles. The van der Waals surface area contributed by atoms with Gasteiger partial charge in [0.1, 0.15) is 6.20 Å². The number of pyridine rings is 1. The summed E-state index contributed by atoms with van der Waals surface area (Å²) in [5, 5.41) is 12.9. The van der Waals surface area contributed by atoms with Crippen molar-refractivity contribution in [3.8, 4) is 0 Å². The zero-order valence-electron chi connectivity index (χ0n) is 18.4. The van der Waals surface area contributed by atoms with Gasteiger partial charge in [-0.1, -0.05) is 18.0 Å². The lowest BCUT2D eigenvalue weighted by atomic mass is 10.1. The number of aromatic nitrogens is 3. The number of benzene rings is 1. The Morgan fingerprint density at radius 2 is 1.78 bits per heavy atom. The third-order valence-corrected chi connectivity index (χ3v) is 6.46. The van der Waals surface area contributed by atoms with E-state index in [1.54, 1.807) is 4.57 Å². The molecule has 0 bridgehead atoms. The maximum absolute atomic E-state index is 11.1. The normalized spacial score (nSPS) is 14.9. The highest BCUT2D eigenvalue weighted by molar-refractivity contribution is 6.31. The van der Waals surface area contributed by atoms with Crippen molar-refractivity contribution in [3.05, 3.63) is 57.6 Å². The largest absolute Gasteiger partial charge is 0.368 e. The molecule has 8 nitrogen and oxygen atoms in total. The van der Waals surface area contributed by atoms with Gasteiger partial charge in [-0.05, 0) is 55.0 Å². The zero-order chi connectivity index (χ0) is 22.5. The number of nitrogens with zero attached hydrogens (tertiary/aromatic N) is 6. The van der Waals surface area contributed by atoms with E-state index >= 15 is 0 Å². The van der Waals surface area contributed by atoms with E-state index in [2.05, 4.69) is 31.9 Å². The van der Waals surface area contributed by atoms with Crippen molar-refractivity contribution in [1.82, 2.24) is 19.4 Å². The second-order valence-electron chi connectivity index (χ2n) is 8.31. The fourth-order valence-corrected chi connectivity index (χ4v) is 4.60. The van der Waals surface area contributed by atoms with Gasteiger partial charge >= 0.3 is 5.82 Å². The van der Waals surface area contributed by atoms with Gasteiger partial charge in [-0.25, -0.2) is 9.55 Å². The molecular formula is C23H29ClN6O2. The molecule has 3 aromatic rings. The fourth-order valence-electron chi connectivity index (χ4n) is 4.43. The van der Waals surface area contributed by atoms with Gasteiger partial charge in [-0.3, -0.25) is 9.88 Å². The van der Waals surface area contributed by atoms with Crippen molar-refractivity contribution in [2.75, 3.05) is 37.6 Å². The number of fused-ring (bicyclic) bond motifs is 1. The Morgan fingerprint density at radius 1 is 1.03 bits per heavy atom. The van der Waals surface area contributed by atoms with E-state index < -0.39 is 0 Å². The number of imidazole rings is 1. The topological polar surface area (TPSA) is 80.3 Å². The van der Waals surface area contributed by atoms with Crippen LogP contribution in [-0.4, -0.2) is 57.1 Å². The summed E-state index contributed by atoms with van der Waals surface area (Å²) in [7, 11) is 0. The van der Waals surface area contributed by atoms with Gasteiger partial charge in [-0.15, -0.1) is 0 Å². The molecule has 1 saturated heterocycles. The van der Waals surface area contributed by atoms with E-state index in [0.29, 0.717) is 17.4 Å². The smallest absolute Gasteiger partial charge is 0.342 e. The van der Waals surface area contributed by atoms with E-state index in [1.807, 2.05) is 25.3 Å². The molecule has 0 radical (unpaired) electrons. The summed E-state index contributed by atoms with van der Waals surface area (Å²) in [6.45, 7) is 7.69. The first-order valence-electron chi connectivity index (χ1n) is 11.2. The van der Waals surface area contributed by atoms with E-state index in [4.69, 9.17) is 11.6 Å². The number of aryl methyl sites for hydroxylation is 1. The highest BCUT2D eigenvalue weighted by Gasteiger charge is 2.19. The van der Waals surface area contributed by atoms with Gasteiger partial charge in [0.25, 0.3) is 0 Å². The summed E-state index contributed by atoms with van der Waals surface area (Å²) in [6, 6.07) is 8.01. The summed E-state index contributed by atoms with van der Waals surface area (Å²) in [6.07, 6.45) is 7.50. The third kappa shape index (κ3) is 5.19. The number of hydrogen-bond acceptors (Lipinski definition) is 6. The maximum Gasteiger partial charge on any atom is 0.342 e. The number of nitro groups is 1. The lowest BCUT2D eigenvalue weighted by Gasteiger charge is -2.36. The van der Waals surface area contributed by atoms with Crippen LogP contribution in [0.4, 0.5) is 11.5 Å². The van der Waals surface area contributed by atoms with Crippen LogP contribution in [-0.2, 0) is 6.54 Å².